The molecule has 0 bridgehead atoms. The van der Waals surface area contributed by atoms with Crippen LogP contribution in [-0.2, 0) is 4.79 Å². The molecule has 0 aliphatic heterocycles. The fourth-order valence-electron chi connectivity index (χ4n) is 1.99. The molecule has 1 aromatic rings. The van der Waals surface area contributed by atoms with Crippen LogP contribution >= 0.6 is 0 Å². The zero-order chi connectivity index (χ0) is 10.7. The van der Waals surface area contributed by atoms with Gasteiger partial charge < -0.3 is 10.4 Å². The molecule has 2 unspecified atom stereocenters. The highest BCUT2D eigenvalue weighted by Gasteiger charge is 2.32. The molecule has 1 aliphatic carbocycles. The third-order valence-corrected chi connectivity index (χ3v) is 2.75. The molecule has 2 N–H and O–H groups in total. The van der Waals surface area contributed by atoms with E-state index in [1.54, 1.807) is 12.3 Å². The summed E-state index contributed by atoms with van der Waals surface area (Å²) in [6, 6.07) is 1.74. The standard InChI is InChI=1S/C10H13N3O2/c14-10(15)7-2-1-3-8(7)13-9-4-5-11-6-12-9/h4-8H,1-3H2,(H,14,15)(H,11,12,13). The Hall–Kier alpha value is -1.65. The quantitative estimate of drug-likeness (QED) is 0.777. The Bertz CT molecular complexity index is 342. The molecule has 0 aromatic carbocycles. The summed E-state index contributed by atoms with van der Waals surface area (Å²) in [6.45, 7) is 0. The summed E-state index contributed by atoms with van der Waals surface area (Å²) in [5.74, 6) is -0.317. The lowest BCUT2D eigenvalue weighted by Crippen LogP contribution is -2.30. The number of carboxylic acids is 1. The van der Waals surface area contributed by atoms with Crippen LogP contribution in [0.1, 0.15) is 19.3 Å². The average Bonchev–Trinajstić information content (AvgIpc) is 2.67. The van der Waals surface area contributed by atoms with Crippen molar-refractivity contribution in [2.24, 2.45) is 5.92 Å². The first kappa shape index (κ1) is 9.89. The second-order valence-corrected chi connectivity index (χ2v) is 3.72. The molecule has 15 heavy (non-hydrogen) atoms. The van der Waals surface area contributed by atoms with Gasteiger partial charge in [0.2, 0.25) is 0 Å². The SMILES string of the molecule is O=C(O)C1CCCC1Nc1ccncn1. The van der Waals surface area contributed by atoms with Crippen LogP contribution in [0.2, 0.25) is 0 Å². The first-order chi connectivity index (χ1) is 7.27. The minimum absolute atomic E-state index is 0.00241. The number of carbonyl (C=O) groups is 1. The lowest BCUT2D eigenvalue weighted by molar-refractivity contribution is -0.141. The summed E-state index contributed by atoms with van der Waals surface area (Å²) in [5.41, 5.74) is 0. The lowest BCUT2D eigenvalue weighted by atomic mass is 10.0. The second kappa shape index (κ2) is 4.25. The van der Waals surface area contributed by atoms with E-state index in [1.165, 1.54) is 6.33 Å². The minimum Gasteiger partial charge on any atom is -0.481 e. The van der Waals surface area contributed by atoms with Crippen LogP contribution in [0.4, 0.5) is 5.82 Å². The minimum atomic E-state index is -0.723. The van der Waals surface area contributed by atoms with Gasteiger partial charge in [-0.2, -0.15) is 0 Å². The van der Waals surface area contributed by atoms with E-state index in [9.17, 15) is 4.79 Å². The maximum atomic E-state index is 10.9. The Kier molecular flexibility index (Phi) is 2.80. The van der Waals surface area contributed by atoms with Gasteiger partial charge in [-0.25, -0.2) is 9.97 Å². The van der Waals surface area contributed by atoms with Crippen molar-refractivity contribution in [3.05, 3.63) is 18.6 Å². The number of aromatic nitrogens is 2. The number of nitrogens with zero attached hydrogens (tertiary/aromatic N) is 2. The molecule has 0 amide bonds. The molecule has 2 atom stereocenters. The smallest absolute Gasteiger partial charge is 0.308 e. The number of nitrogens with one attached hydrogen (secondary N) is 1. The number of hydrogen-bond acceptors (Lipinski definition) is 4. The number of carboxylic acid groups (broad SMARTS) is 1. The summed E-state index contributed by atoms with van der Waals surface area (Å²) in [7, 11) is 0. The molecule has 0 radical (unpaired) electrons. The van der Waals surface area contributed by atoms with Gasteiger partial charge in [-0.3, -0.25) is 4.79 Å². The topological polar surface area (TPSA) is 75.1 Å². The Morgan fingerprint density at radius 1 is 1.53 bits per heavy atom. The Morgan fingerprint density at radius 3 is 3.07 bits per heavy atom. The maximum absolute atomic E-state index is 10.9. The van der Waals surface area contributed by atoms with E-state index in [4.69, 9.17) is 5.11 Å². The van der Waals surface area contributed by atoms with Crippen LogP contribution < -0.4 is 5.32 Å². The van der Waals surface area contributed by atoms with Gasteiger partial charge >= 0.3 is 5.97 Å². The summed E-state index contributed by atoms with van der Waals surface area (Å²) in [4.78, 5) is 18.8. The van der Waals surface area contributed by atoms with E-state index in [0.29, 0.717) is 5.82 Å². The van der Waals surface area contributed by atoms with Gasteiger partial charge in [-0.05, 0) is 18.9 Å². The third-order valence-electron chi connectivity index (χ3n) is 2.75. The van der Waals surface area contributed by atoms with Gasteiger partial charge in [0.05, 0.1) is 5.92 Å². The number of aliphatic carboxylic acids is 1. The summed E-state index contributed by atoms with van der Waals surface area (Å²) < 4.78 is 0. The van der Waals surface area contributed by atoms with Crippen LogP contribution in [-0.4, -0.2) is 27.1 Å². The largest absolute Gasteiger partial charge is 0.481 e. The monoisotopic (exact) mass is 207 g/mol. The molecule has 0 saturated heterocycles. The number of hydrogen-bond donors (Lipinski definition) is 2. The highest BCUT2D eigenvalue weighted by Crippen LogP contribution is 2.28. The first-order valence-corrected chi connectivity index (χ1v) is 5.03. The summed E-state index contributed by atoms with van der Waals surface area (Å²) in [5, 5.41) is 12.1. The molecule has 1 aliphatic rings. The first-order valence-electron chi connectivity index (χ1n) is 5.03. The molecule has 1 aromatic heterocycles. The van der Waals surface area contributed by atoms with Crippen molar-refractivity contribution >= 4 is 11.8 Å². The van der Waals surface area contributed by atoms with Gasteiger partial charge in [0.15, 0.2) is 0 Å². The zero-order valence-corrected chi connectivity index (χ0v) is 8.26. The van der Waals surface area contributed by atoms with Crippen LogP contribution in [0.15, 0.2) is 18.6 Å². The van der Waals surface area contributed by atoms with E-state index in [1.807, 2.05) is 0 Å². The number of rotatable bonds is 3. The summed E-state index contributed by atoms with van der Waals surface area (Å²) >= 11 is 0. The Morgan fingerprint density at radius 2 is 2.40 bits per heavy atom. The highest BCUT2D eigenvalue weighted by molar-refractivity contribution is 5.72. The fourth-order valence-corrected chi connectivity index (χ4v) is 1.99. The zero-order valence-electron chi connectivity index (χ0n) is 8.26. The molecular weight excluding hydrogens is 194 g/mol. The van der Waals surface area contributed by atoms with Gasteiger partial charge in [0, 0.05) is 12.2 Å². The summed E-state index contributed by atoms with van der Waals surface area (Å²) in [6.07, 6.45) is 5.69. The molecule has 1 fully saturated rings. The van der Waals surface area contributed by atoms with Crippen molar-refractivity contribution in [2.45, 2.75) is 25.3 Å². The molecule has 5 heteroatoms. The molecule has 2 rings (SSSR count). The lowest BCUT2D eigenvalue weighted by Gasteiger charge is -2.17. The van der Waals surface area contributed by atoms with Crippen molar-refractivity contribution in [1.82, 2.24) is 9.97 Å². The van der Waals surface area contributed by atoms with Crippen molar-refractivity contribution in [3.8, 4) is 0 Å². The van der Waals surface area contributed by atoms with Gasteiger partial charge in [-0.1, -0.05) is 6.42 Å². The third kappa shape index (κ3) is 2.23. The van der Waals surface area contributed by atoms with Crippen LogP contribution in [0.5, 0.6) is 0 Å². The Balaban J connectivity index is 2.03. The van der Waals surface area contributed by atoms with E-state index in [-0.39, 0.29) is 12.0 Å². The van der Waals surface area contributed by atoms with Crippen molar-refractivity contribution in [3.63, 3.8) is 0 Å². The predicted molar refractivity (Wildman–Crippen MR) is 54.4 cm³/mol. The molecule has 80 valence electrons. The molecule has 0 spiro atoms. The van der Waals surface area contributed by atoms with Crippen molar-refractivity contribution < 1.29 is 9.90 Å². The van der Waals surface area contributed by atoms with Crippen molar-refractivity contribution in [2.75, 3.05) is 5.32 Å². The molecule has 1 heterocycles. The molecular formula is C10H13N3O2. The normalized spacial score (nSPS) is 25.1. The van der Waals surface area contributed by atoms with Crippen molar-refractivity contribution in [1.29, 1.82) is 0 Å². The van der Waals surface area contributed by atoms with Crippen LogP contribution in [0.25, 0.3) is 0 Å². The highest BCUT2D eigenvalue weighted by atomic mass is 16.4. The second-order valence-electron chi connectivity index (χ2n) is 3.72. The van der Waals surface area contributed by atoms with Gasteiger partial charge in [0.1, 0.15) is 12.1 Å². The molecule has 1 saturated carbocycles. The predicted octanol–water partition coefficient (Wildman–Crippen LogP) is 1.14. The van der Waals surface area contributed by atoms with Gasteiger partial charge in [-0.15, -0.1) is 0 Å². The van der Waals surface area contributed by atoms with E-state index >= 15 is 0 Å². The van der Waals surface area contributed by atoms with E-state index in [0.717, 1.165) is 19.3 Å². The fraction of sp³-hybridized carbons (Fsp3) is 0.500. The number of anilines is 1. The van der Waals surface area contributed by atoms with Crippen LogP contribution in [0.3, 0.4) is 0 Å². The van der Waals surface area contributed by atoms with Gasteiger partial charge in [0.25, 0.3) is 0 Å². The van der Waals surface area contributed by atoms with E-state index in [2.05, 4.69) is 15.3 Å². The van der Waals surface area contributed by atoms with Crippen LogP contribution in [0, 0.1) is 5.92 Å². The Labute approximate surface area is 87.6 Å². The van der Waals surface area contributed by atoms with E-state index < -0.39 is 5.97 Å². The average molecular weight is 207 g/mol. The maximum Gasteiger partial charge on any atom is 0.308 e. The molecule has 5 nitrogen and oxygen atoms in total.